The van der Waals surface area contributed by atoms with E-state index in [1.54, 1.807) is 22.7 Å². The summed E-state index contributed by atoms with van der Waals surface area (Å²) in [5.41, 5.74) is 1.03. The molecule has 0 aliphatic rings. The van der Waals surface area contributed by atoms with Crippen molar-refractivity contribution in [3.05, 3.63) is 38.5 Å². The lowest BCUT2D eigenvalue weighted by atomic mass is 10.2. The first-order valence-corrected chi connectivity index (χ1v) is 6.14. The Balaban J connectivity index is 2.05. The standard InChI is InChI=1S/C10H11NOS2/c1-7-6-14-10(11-7)5-8(12)9-3-2-4-13-9/h2-4,6,8,12H,5H2,1H3. The molecule has 2 heterocycles. The summed E-state index contributed by atoms with van der Waals surface area (Å²) in [5, 5.41) is 14.8. The lowest BCUT2D eigenvalue weighted by Gasteiger charge is -2.04. The molecule has 1 N–H and O–H groups in total. The van der Waals surface area contributed by atoms with E-state index in [0.29, 0.717) is 6.42 Å². The minimum Gasteiger partial charge on any atom is -0.387 e. The minimum absolute atomic E-state index is 0.402. The number of aromatic nitrogens is 1. The summed E-state index contributed by atoms with van der Waals surface area (Å²) in [5.74, 6) is 0. The molecular formula is C10H11NOS2. The molecule has 0 bridgehead atoms. The highest BCUT2D eigenvalue weighted by atomic mass is 32.1. The first-order chi connectivity index (χ1) is 6.75. The zero-order valence-corrected chi connectivity index (χ0v) is 9.44. The van der Waals surface area contributed by atoms with E-state index in [0.717, 1.165) is 15.6 Å². The maximum atomic E-state index is 9.85. The topological polar surface area (TPSA) is 33.1 Å². The molecule has 0 amide bonds. The van der Waals surface area contributed by atoms with Crippen LogP contribution in [0.4, 0.5) is 0 Å². The highest BCUT2D eigenvalue weighted by Gasteiger charge is 2.11. The fourth-order valence-corrected chi connectivity index (χ4v) is 2.77. The van der Waals surface area contributed by atoms with Gasteiger partial charge in [0.2, 0.25) is 0 Å². The van der Waals surface area contributed by atoms with Crippen molar-refractivity contribution in [3.63, 3.8) is 0 Å². The van der Waals surface area contributed by atoms with Crippen molar-refractivity contribution in [2.75, 3.05) is 0 Å². The van der Waals surface area contributed by atoms with Crippen LogP contribution in [-0.4, -0.2) is 10.1 Å². The van der Waals surface area contributed by atoms with E-state index in [1.165, 1.54) is 0 Å². The fraction of sp³-hybridized carbons (Fsp3) is 0.300. The quantitative estimate of drug-likeness (QED) is 0.871. The van der Waals surface area contributed by atoms with E-state index >= 15 is 0 Å². The number of nitrogens with zero attached hydrogens (tertiary/aromatic N) is 1. The number of hydrogen-bond donors (Lipinski definition) is 1. The van der Waals surface area contributed by atoms with Crippen LogP contribution in [0.5, 0.6) is 0 Å². The van der Waals surface area contributed by atoms with Gasteiger partial charge in [0.25, 0.3) is 0 Å². The molecule has 2 aromatic rings. The van der Waals surface area contributed by atoms with Gasteiger partial charge in [0.1, 0.15) is 0 Å². The van der Waals surface area contributed by atoms with Crippen LogP contribution in [0.25, 0.3) is 0 Å². The first kappa shape index (κ1) is 9.83. The summed E-state index contributed by atoms with van der Waals surface area (Å²) in [4.78, 5) is 5.34. The molecular weight excluding hydrogens is 214 g/mol. The maximum absolute atomic E-state index is 9.85. The Bertz CT molecular complexity index is 394. The second-order valence-electron chi connectivity index (χ2n) is 3.12. The molecule has 0 aromatic carbocycles. The molecule has 0 aliphatic heterocycles. The van der Waals surface area contributed by atoms with E-state index in [-0.39, 0.29) is 0 Å². The largest absolute Gasteiger partial charge is 0.387 e. The highest BCUT2D eigenvalue weighted by molar-refractivity contribution is 7.10. The van der Waals surface area contributed by atoms with Crippen LogP contribution < -0.4 is 0 Å². The van der Waals surface area contributed by atoms with Crippen LogP contribution in [-0.2, 0) is 6.42 Å². The second-order valence-corrected chi connectivity index (χ2v) is 5.04. The van der Waals surface area contributed by atoms with Crippen LogP contribution >= 0.6 is 22.7 Å². The van der Waals surface area contributed by atoms with Crippen LogP contribution in [0.15, 0.2) is 22.9 Å². The van der Waals surface area contributed by atoms with Gasteiger partial charge in [-0.25, -0.2) is 4.98 Å². The number of aliphatic hydroxyl groups is 1. The molecule has 0 radical (unpaired) electrons. The van der Waals surface area contributed by atoms with Gasteiger partial charge in [0.05, 0.1) is 11.1 Å². The van der Waals surface area contributed by atoms with Gasteiger partial charge in [0.15, 0.2) is 0 Å². The number of thiophene rings is 1. The van der Waals surface area contributed by atoms with Gasteiger partial charge in [-0.3, -0.25) is 0 Å². The summed E-state index contributed by atoms with van der Waals surface area (Å²) in [6, 6.07) is 3.91. The summed E-state index contributed by atoms with van der Waals surface area (Å²) in [7, 11) is 0. The summed E-state index contributed by atoms with van der Waals surface area (Å²) in [6.45, 7) is 1.97. The lowest BCUT2D eigenvalue weighted by molar-refractivity contribution is 0.182. The van der Waals surface area contributed by atoms with Crippen molar-refractivity contribution in [1.29, 1.82) is 0 Å². The Labute approximate surface area is 90.9 Å². The first-order valence-electron chi connectivity index (χ1n) is 4.38. The van der Waals surface area contributed by atoms with Gasteiger partial charge in [0, 0.05) is 22.4 Å². The van der Waals surface area contributed by atoms with Crippen LogP contribution in [0.2, 0.25) is 0 Å². The molecule has 0 saturated carbocycles. The molecule has 0 saturated heterocycles. The molecule has 2 aromatic heterocycles. The normalized spacial score (nSPS) is 13.0. The average Bonchev–Trinajstić information content (AvgIpc) is 2.75. The Hall–Kier alpha value is -0.710. The fourth-order valence-electron chi connectivity index (χ4n) is 1.24. The van der Waals surface area contributed by atoms with Gasteiger partial charge in [-0.15, -0.1) is 22.7 Å². The Morgan fingerprint density at radius 2 is 2.36 bits per heavy atom. The van der Waals surface area contributed by atoms with E-state index in [2.05, 4.69) is 4.98 Å². The van der Waals surface area contributed by atoms with Crippen LogP contribution in [0.1, 0.15) is 21.7 Å². The minimum atomic E-state index is -0.402. The van der Waals surface area contributed by atoms with Crippen molar-refractivity contribution in [1.82, 2.24) is 4.98 Å². The van der Waals surface area contributed by atoms with E-state index < -0.39 is 6.10 Å². The highest BCUT2D eigenvalue weighted by Crippen LogP contribution is 2.23. The lowest BCUT2D eigenvalue weighted by Crippen LogP contribution is -1.98. The van der Waals surface area contributed by atoms with Crippen LogP contribution in [0.3, 0.4) is 0 Å². The molecule has 4 heteroatoms. The summed E-state index contributed by atoms with van der Waals surface area (Å²) < 4.78 is 0. The number of aliphatic hydroxyl groups excluding tert-OH is 1. The van der Waals surface area contributed by atoms with E-state index in [9.17, 15) is 5.11 Å². The molecule has 0 fully saturated rings. The third-order valence-electron chi connectivity index (χ3n) is 1.91. The smallest absolute Gasteiger partial charge is 0.0957 e. The average molecular weight is 225 g/mol. The Morgan fingerprint density at radius 3 is 2.93 bits per heavy atom. The van der Waals surface area contributed by atoms with Crippen LogP contribution in [0, 0.1) is 6.92 Å². The zero-order valence-electron chi connectivity index (χ0n) is 7.80. The van der Waals surface area contributed by atoms with Crippen molar-refractivity contribution in [2.45, 2.75) is 19.4 Å². The molecule has 2 rings (SSSR count). The van der Waals surface area contributed by atoms with Crippen molar-refractivity contribution < 1.29 is 5.11 Å². The Morgan fingerprint density at radius 1 is 1.50 bits per heavy atom. The third-order valence-corrected chi connectivity index (χ3v) is 3.87. The van der Waals surface area contributed by atoms with Crippen molar-refractivity contribution in [3.8, 4) is 0 Å². The van der Waals surface area contributed by atoms with Gasteiger partial charge < -0.3 is 5.11 Å². The molecule has 0 aliphatic carbocycles. The molecule has 74 valence electrons. The predicted molar refractivity (Wildman–Crippen MR) is 59.8 cm³/mol. The summed E-state index contributed by atoms with van der Waals surface area (Å²) >= 11 is 3.19. The molecule has 1 atom stereocenters. The number of aryl methyl sites for hydroxylation is 1. The van der Waals surface area contributed by atoms with E-state index in [1.807, 2.05) is 29.8 Å². The molecule has 2 nitrogen and oxygen atoms in total. The molecule has 14 heavy (non-hydrogen) atoms. The van der Waals surface area contributed by atoms with Gasteiger partial charge in [-0.2, -0.15) is 0 Å². The summed E-state index contributed by atoms with van der Waals surface area (Å²) in [6.07, 6.45) is 0.222. The monoisotopic (exact) mass is 225 g/mol. The molecule has 1 unspecified atom stereocenters. The van der Waals surface area contributed by atoms with Crippen molar-refractivity contribution >= 4 is 22.7 Å². The number of thiazole rings is 1. The molecule has 0 spiro atoms. The maximum Gasteiger partial charge on any atom is 0.0957 e. The van der Waals surface area contributed by atoms with Gasteiger partial charge >= 0.3 is 0 Å². The SMILES string of the molecule is Cc1csc(CC(O)c2cccs2)n1. The number of hydrogen-bond acceptors (Lipinski definition) is 4. The zero-order chi connectivity index (χ0) is 9.97. The van der Waals surface area contributed by atoms with Gasteiger partial charge in [-0.05, 0) is 18.4 Å². The number of rotatable bonds is 3. The van der Waals surface area contributed by atoms with E-state index in [4.69, 9.17) is 0 Å². The third kappa shape index (κ3) is 2.20. The predicted octanol–water partition coefficient (Wildman–Crippen LogP) is 2.79. The van der Waals surface area contributed by atoms with Gasteiger partial charge in [-0.1, -0.05) is 6.07 Å². The van der Waals surface area contributed by atoms with Crippen molar-refractivity contribution in [2.24, 2.45) is 0 Å². The second kappa shape index (κ2) is 4.21. The Kier molecular flexibility index (Phi) is 2.96.